The first-order valence-electron chi connectivity index (χ1n) is 11.3. The summed E-state index contributed by atoms with van der Waals surface area (Å²) in [6, 6.07) is 29.6. The molecule has 1 nitrogen and oxygen atoms in total. The van der Waals surface area contributed by atoms with Gasteiger partial charge in [0.15, 0.2) is 0 Å². The number of fused-ring (bicyclic) bond motifs is 1. The summed E-state index contributed by atoms with van der Waals surface area (Å²) in [6.07, 6.45) is 8.14. The molecule has 3 aromatic rings. The second-order valence-electron chi connectivity index (χ2n) is 8.81. The maximum atomic E-state index is 12.7. The van der Waals surface area contributed by atoms with E-state index in [9.17, 15) is 5.11 Å². The highest BCUT2D eigenvalue weighted by Gasteiger charge is 2.55. The topological polar surface area (TPSA) is 20.2 Å². The standard InChI is InChI=1S/C30H32O/c1-3-21-30(31)28-20-12-11-18-26(28)19-13-22-29(30,23-24-14-7-5-8-15-24)27(4-2)25-16-9-6-10-17-25/h3-12,14-18,20,27,31H,1-2,13,19,21-23H2/t27-,29-,30+/m1/s1. The molecule has 0 saturated heterocycles. The molecule has 0 aliphatic heterocycles. The second kappa shape index (κ2) is 9.08. The van der Waals surface area contributed by atoms with Gasteiger partial charge in [-0.15, -0.1) is 13.2 Å². The Morgan fingerprint density at radius 1 is 0.871 bits per heavy atom. The van der Waals surface area contributed by atoms with Gasteiger partial charge in [0.05, 0.1) is 0 Å². The Balaban J connectivity index is 1.99. The SMILES string of the molecule is C=CC[C@]1(O)c2ccccc2CCC[C@@]1(Cc1ccccc1)[C@H](C=C)c1ccccc1. The Morgan fingerprint density at radius 3 is 2.19 bits per heavy atom. The molecule has 0 radical (unpaired) electrons. The van der Waals surface area contributed by atoms with Crippen molar-refractivity contribution in [1.29, 1.82) is 0 Å². The lowest BCUT2D eigenvalue weighted by Crippen LogP contribution is -2.50. The highest BCUT2D eigenvalue weighted by Crippen LogP contribution is 2.58. The number of hydrogen-bond acceptors (Lipinski definition) is 1. The van der Waals surface area contributed by atoms with Crippen LogP contribution in [0.3, 0.4) is 0 Å². The molecular formula is C30H32O. The lowest BCUT2D eigenvalue weighted by Gasteiger charge is -2.51. The summed E-state index contributed by atoms with van der Waals surface area (Å²) in [4.78, 5) is 0. The molecule has 1 N–H and O–H groups in total. The van der Waals surface area contributed by atoms with Crippen LogP contribution in [0.2, 0.25) is 0 Å². The van der Waals surface area contributed by atoms with Crippen LogP contribution in [0.5, 0.6) is 0 Å². The summed E-state index contributed by atoms with van der Waals surface area (Å²) < 4.78 is 0. The van der Waals surface area contributed by atoms with Gasteiger partial charge in [-0.3, -0.25) is 0 Å². The van der Waals surface area contributed by atoms with Crippen LogP contribution in [-0.4, -0.2) is 5.11 Å². The molecule has 0 amide bonds. The Labute approximate surface area is 186 Å². The summed E-state index contributed by atoms with van der Waals surface area (Å²) in [7, 11) is 0. The Kier molecular flexibility index (Phi) is 6.25. The Hall–Kier alpha value is -2.90. The zero-order valence-corrected chi connectivity index (χ0v) is 18.2. The van der Waals surface area contributed by atoms with E-state index in [1.807, 2.05) is 12.1 Å². The molecule has 0 spiro atoms. The molecule has 0 saturated carbocycles. The predicted molar refractivity (Wildman–Crippen MR) is 130 cm³/mol. The number of aryl methyl sites for hydroxylation is 1. The van der Waals surface area contributed by atoms with E-state index in [1.165, 1.54) is 16.7 Å². The van der Waals surface area contributed by atoms with Crippen LogP contribution in [0.15, 0.2) is 110 Å². The molecule has 1 aliphatic rings. The summed E-state index contributed by atoms with van der Waals surface area (Å²) in [5, 5.41) is 12.7. The number of allylic oxidation sites excluding steroid dienone is 1. The minimum absolute atomic E-state index is 0.00464. The molecule has 4 rings (SSSR count). The van der Waals surface area contributed by atoms with Crippen molar-refractivity contribution in [3.63, 3.8) is 0 Å². The fourth-order valence-corrected chi connectivity index (χ4v) is 5.79. The van der Waals surface area contributed by atoms with Crippen molar-refractivity contribution in [2.45, 2.75) is 43.6 Å². The molecule has 0 heterocycles. The summed E-state index contributed by atoms with van der Waals surface area (Å²) in [5.41, 5.74) is 3.25. The molecule has 158 valence electrons. The number of rotatable bonds is 7. The summed E-state index contributed by atoms with van der Waals surface area (Å²) in [6.45, 7) is 8.32. The average Bonchev–Trinajstić information content (AvgIpc) is 2.92. The molecule has 3 atom stereocenters. The van der Waals surface area contributed by atoms with E-state index >= 15 is 0 Å². The van der Waals surface area contributed by atoms with Gasteiger partial charge in [0.1, 0.15) is 5.60 Å². The zero-order valence-electron chi connectivity index (χ0n) is 18.2. The van der Waals surface area contributed by atoms with Gasteiger partial charge >= 0.3 is 0 Å². The van der Waals surface area contributed by atoms with Gasteiger partial charge in [0.2, 0.25) is 0 Å². The van der Waals surface area contributed by atoms with Crippen molar-refractivity contribution >= 4 is 0 Å². The molecule has 3 aromatic carbocycles. The first kappa shape index (κ1) is 21.3. The lowest BCUT2D eigenvalue weighted by atomic mass is 9.55. The molecule has 0 aromatic heterocycles. The van der Waals surface area contributed by atoms with Crippen LogP contribution < -0.4 is 0 Å². The third kappa shape index (κ3) is 3.79. The Bertz CT molecular complexity index is 1020. The highest BCUT2D eigenvalue weighted by atomic mass is 16.3. The minimum Gasteiger partial charge on any atom is -0.384 e. The maximum Gasteiger partial charge on any atom is 0.100 e. The van der Waals surface area contributed by atoms with Crippen molar-refractivity contribution in [2.24, 2.45) is 5.41 Å². The van der Waals surface area contributed by atoms with Crippen molar-refractivity contribution in [3.05, 3.63) is 132 Å². The first-order valence-corrected chi connectivity index (χ1v) is 11.3. The van der Waals surface area contributed by atoms with Gasteiger partial charge in [-0.1, -0.05) is 97.1 Å². The Morgan fingerprint density at radius 2 is 1.52 bits per heavy atom. The van der Waals surface area contributed by atoms with Crippen LogP contribution in [0, 0.1) is 5.41 Å². The van der Waals surface area contributed by atoms with Crippen LogP contribution >= 0.6 is 0 Å². The van der Waals surface area contributed by atoms with Crippen molar-refractivity contribution in [3.8, 4) is 0 Å². The molecule has 1 heteroatoms. The van der Waals surface area contributed by atoms with Crippen molar-refractivity contribution in [1.82, 2.24) is 0 Å². The van der Waals surface area contributed by atoms with Crippen LogP contribution in [-0.2, 0) is 18.4 Å². The maximum absolute atomic E-state index is 12.7. The van der Waals surface area contributed by atoms with E-state index in [0.29, 0.717) is 6.42 Å². The largest absolute Gasteiger partial charge is 0.384 e. The number of hydrogen-bond donors (Lipinski definition) is 1. The van der Waals surface area contributed by atoms with Gasteiger partial charge in [0.25, 0.3) is 0 Å². The zero-order chi connectivity index (χ0) is 21.7. The third-order valence-electron chi connectivity index (χ3n) is 7.15. The third-order valence-corrected chi connectivity index (χ3v) is 7.15. The lowest BCUT2D eigenvalue weighted by molar-refractivity contribution is -0.102. The molecule has 31 heavy (non-hydrogen) atoms. The smallest absolute Gasteiger partial charge is 0.100 e. The second-order valence-corrected chi connectivity index (χ2v) is 8.81. The predicted octanol–water partition coefficient (Wildman–Crippen LogP) is 6.99. The normalized spacial score (nSPS) is 23.9. The monoisotopic (exact) mass is 408 g/mol. The van der Waals surface area contributed by atoms with Gasteiger partial charge in [0, 0.05) is 11.3 Å². The molecule has 0 unspecified atom stereocenters. The number of aliphatic hydroxyl groups is 1. The summed E-state index contributed by atoms with van der Waals surface area (Å²) >= 11 is 0. The van der Waals surface area contributed by atoms with Crippen LogP contribution in [0.25, 0.3) is 0 Å². The van der Waals surface area contributed by atoms with Gasteiger partial charge in [-0.25, -0.2) is 0 Å². The first-order chi connectivity index (χ1) is 15.1. The summed E-state index contributed by atoms with van der Waals surface area (Å²) in [5.74, 6) is 0.00464. The fraction of sp³-hybridized carbons (Fsp3) is 0.267. The van der Waals surface area contributed by atoms with E-state index in [-0.39, 0.29) is 5.92 Å². The van der Waals surface area contributed by atoms with Crippen LogP contribution in [0.1, 0.15) is 47.4 Å². The number of benzene rings is 3. The average molecular weight is 409 g/mol. The van der Waals surface area contributed by atoms with E-state index in [4.69, 9.17) is 0 Å². The highest BCUT2D eigenvalue weighted by molar-refractivity contribution is 5.41. The minimum atomic E-state index is -1.05. The van der Waals surface area contributed by atoms with Gasteiger partial charge in [-0.05, 0) is 54.4 Å². The van der Waals surface area contributed by atoms with Crippen molar-refractivity contribution < 1.29 is 5.11 Å². The quantitative estimate of drug-likeness (QED) is 0.330. The van der Waals surface area contributed by atoms with E-state index < -0.39 is 11.0 Å². The van der Waals surface area contributed by atoms with E-state index in [2.05, 4.69) is 98.1 Å². The van der Waals surface area contributed by atoms with Crippen molar-refractivity contribution in [2.75, 3.05) is 0 Å². The van der Waals surface area contributed by atoms with E-state index in [0.717, 1.165) is 31.2 Å². The molecular weight excluding hydrogens is 376 g/mol. The van der Waals surface area contributed by atoms with Crippen LogP contribution in [0.4, 0.5) is 0 Å². The van der Waals surface area contributed by atoms with Gasteiger partial charge in [-0.2, -0.15) is 0 Å². The van der Waals surface area contributed by atoms with Gasteiger partial charge < -0.3 is 5.11 Å². The fourth-order valence-electron chi connectivity index (χ4n) is 5.79. The molecule has 1 aliphatic carbocycles. The molecule has 0 fully saturated rings. The van der Waals surface area contributed by atoms with E-state index in [1.54, 1.807) is 0 Å². The molecule has 0 bridgehead atoms.